The Morgan fingerprint density at radius 1 is 1.27 bits per heavy atom. The Morgan fingerprint density at radius 2 is 1.93 bits per heavy atom. The number of rotatable bonds is 5. The van der Waals surface area contributed by atoms with E-state index in [2.05, 4.69) is 6.92 Å². The Labute approximate surface area is 110 Å². The minimum absolute atomic E-state index is 0. The smallest absolute Gasteiger partial charge is 1.00 e. The molecule has 0 radical (unpaired) electrons. The Morgan fingerprint density at radius 3 is 2.53 bits per heavy atom. The second-order valence-corrected chi connectivity index (χ2v) is 3.24. The van der Waals surface area contributed by atoms with Crippen LogP contribution in [0, 0.1) is 0 Å². The van der Waals surface area contributed by atoms with Gasteiger partial charge in [0, 0.05) is 6.42 Å². The molecule has 0 saturated heterocycles. The molecule has 1 aromatic rings. The van der Waals surface area contributed by atoms with Crippen LogP contribution < -0.4 is 4.74 Å². The molecule has 0 heterocycles. The van der Waals surface area contributed by atoms with E-state index < -0.39 is 0 Å². The molecule has 0 unspecified atom stereocenters. The van der Waals surface area contributed by atoms with Gasteiger partial charge in [0.05, 0.1) is 0 Å². The van der Waals surface area contributed by atoms with Crippen LogP contribution in [0.1, 0.15) is 35.5 Å². The zero-order valence-electron chi connectivity index (χ0n) is 11.2. The van der Waals surface area contributed by atoms with E-state index in [9.17, 15) is 4.79 Å². The number of carbonyl (C=O) groups is 1. The normalized spacial score (nSPS) is 9.13. The molecular weight excluding hydrogens is 200 g/mol. The van der Waals surface area contributed by atoms with Crippen molar-refractivity contribution in [2.45, 2.75) is 32.6 Å². The van der Waals surface area contributed by atoms with E-state index >= 15 is 0 Å². The summed E-state index contributed by atoms with van der Waals surface area (Å²) in [5.41, 5.74) is 0. The zero-order valence-corrected chi connectivity index (χ0v) is 10.7. The van der Waals surface area contributed by atoms with Gasteiger partial charge in [0.1, 0.15) is 5.75 Å². The molecule has 0 spiro atoms. The van der Waals surface area contributed by atoms with E-state index in [-0.39, 0.29) is 31.9 Å². The molecule has 0 bridgehead atoms. The van der Waals surface area contributed by atoms with Crippen molar-refractivity contribution >= 4 is 29.0 Å². The van der Waals surface area contributed by atoms with E-state index in [1.54, 1.807) is 12.1 Å². The molecule has 0 N–H and O–H groups in total. The zero-order chi connectivity index (χ0) is 10.2. The van der Waals surface area contributed by atoms with E-state index in [0.717, 1.165) is 19.3 Å². The third-order valence-electron chi connectivity index (χ3n) is 1.96. The van der Waals surface area contributed by atoms with Crippen LogP contribution in [0.5, 0.6) is 5.75 Å². The number of para-hydroxylation sites is 1. The topological polar surface area (TPSA) is 26.3 Å². The summed E-state index contributed by atoms with van der Waals surface area (Å²) in [4.78, 5) is 11.3. The minimum atomic E-state index is -0.135. The maximum Gasteiger partial charge on any atom is 2.00 e. The standard InChI is InChI=1S/C12H16O2.Mg.2H/c1-2-3-5-10-12(13)14-11-8-6-4-7-9-11;;;/h4,6-9H,2-3,5,10H2,1H3;;;/q;+2;2*-1. The summed E-state index contributed by atoms with van der Waals surface area (Å²) in [7, 11) is 0. The predicted octanol–water partition coefficient (Wildman–Crippen LogP) is 3.02. The molecule has 3 heteroatoms. The molecule has 15 heavy (non-hydrogen) atoms. The Kier molecular flexibility index (Phi) is 8.42. The van der Waals surface area contributed by atoms with E-state index in [4.69, 9.17) is 4.74 Å². The summed E-state index contributed by atoms with van der Waals surface area (Å²) in [5.74, 6) is 0.499. The number of hydrogen-bond donors (Lipinski definition) is 0. The summed E-state index contributed by atoms with van der Waals surface area (Å²) in [5, 5.41) is 0. The quantitative estimate of drug-likeness (QED) is 0.329. The van der Waals surface area contributed by atoms with Crippen LogP contribution in [-0.2, 0) is 4.79 Å². The van der Waals surface area contributed by atoms with Gasteiger partial charge in [0.15, 0.2) is 0 Å². The van der Waals surface area contributed by atoms with Gasteiger partial charge in [-0.2, -0.15) is 0 Å². The SMILES string of the molecule is CCCCCC(=O)Oc1ccccc1.[H-].[H-].[Mg+2]. The van der Waals surface area contributed by atoms with E-state index in [0.29, 0.717) is 12.2 Å². The van der Waals surface area contributed by atoms with Crippen molar-refractivity contribution in [2.24, 2.45) is 0 Å². The molecule has 0 aromatic heterocycles. The Balaban J connectivity index is -0.000000653. The molecule has 0 saturated carbocycles. The molecule has 0 atom stereocenters. The summed E-state index contributed by atoms with van der Waals surface area (Å²) in [6.07, 6.45) is 3.65. The third kappa shape index (κ3) is 6.52. The molecule has 0 amide bonds. The summed E-state index contributed by atoms with van der Waals surface area (Å²) < 4.78 is 5.12. The van der Waals surface area contributed by atoms with Gasteiger partial charge in [0.2, 0.25) is 0 Å². The first-order chi connectivity index (χ1) is 6.83. The van der Waals surface area contributed by atoms with Crippen LogP contribution in [0.3, 0.4) is 0 Å². The molecule has 0 aliphatic carbocycles. The average Bonchev–Trinajstić information content (AvgIpc) is 2.20. The second-order valence-electron chi connectivity index (χ2n) is 3.24. The molecule has 0 fully saturated rings. The first-order valence-electron chi connectivity index (χ1n) is 5.08. The van der Waals surface area contributed by atoms with Crippen LogP contribution in [-0.4, -0.2) is 29.0 Å². The molecule has 1 rings (SSSR count). The number of esters is 1. The average molecular weight is 219 g/mol. The molecular formula is C12H18MgO2. The van der Waals surface area contributed by atoms with Gasteiger partial charge in [-0.3, -0.25) is 4.79 Å². The van der Waals surface area contributed by atoms with Gasteiger partial charge in [-0.05, 0) is 18.6 Å². The van der Waals surface area contributed by atoms with Crippen molar-refractivity contribution in [2.75, 3.05) is 0 Å². The maximum atomic E-state index is 11.3. The number of unbranched alkanes of at least 4 members (excludes halogenated alkanes) is 2. The van der Waals surface area contributed by atoms with Gasteiger partial charge in [-0.15, -0.1) is 0 Å². The van der Waals surface area contributed by atoms with Crippen LogP contribution >= 0.6 is 0 Å². The van der Waals surface area contributed by atoms with Crippen molar-refractivity contribution in [3.05, 3.63) is 30.3 Å². The fraction of sp³-hybridized carbons (Fsp3) is 0.417. The first kappa shape index (κ1) is 14.5. The summed E-state index contributed by atoms with van der Waals surface area (Å²) >= 11 is 0. The maximum absolute atomic E-state index is 11.3. The number of benzene rings is 1. The number of ether oxygens (including phenoxy) is 1. The van der Waals surface area contributed by atoms with Crippen LogP contribution in [0.2, 0.25) is 0 Å². The fourth-order valence-corrected chi connectivity index (χ4v) is 1.19. The van der Waals surface area contributed by atoms with Crippen molar-refractivity contribution in [1.82, 2.24) is 0 Å². The van der Waals surface area contributed by atoms with E-state index in [1.165, 1.54) is 0 Å². The van der Waals surface area contributed by atoms with Crippen molar-refractivity contribution in [3.63, 3.8) is 0 Å². The van der Waals surface area contributed by atoms with Gasteiger partial charge < -0.3 is 7.59 Å². The first-order valence-corrected chi connectivity index (χ1v) is 5.08. The van der Waals surface area contributed by atoms with Crippen molar-refractivity contribution in [3.8, 4) is 5.75 Å². The third-order valence-corrected chi connectivity index (χ3v) is 1.96. The van der Waals surface area contributed by atoms with Gasteiger partial charge in [-0.1, -0.05) is 38.0 Å². The van der Waals surface area contributed by atoms with Crippen LogP contribution in [0.4, 0.5) is 0 Å². The molecule has 80 valence electrons. The summed E-state index contributed by atoms with van der Waals surface area (Å²) in [6, 6.07) is 9.19. The predicted molar refractivity (Wildman–Crippen MR) is 64.2 cm³/mol. The number of carbonyl (C=O) groups excluding carboxylic acids is 1. The molecule has 1 aromatic carbocycles. The Bertz CT molecular complexity index is 281. The van der Waals surface area contributed by atoms with Crippen molar-refractivity contribution < 1.29 is 12.4 Å². The number of hydrogen-bond acceptors (Lipinski definition) is 2. The largest absolute Gasteiger partial charge is 2.00 e. The molecule has 0 aliphatic rings. The fourth-order valence-electron chi connectivity index (χ4n) is 1.19. The monoisotopic (exact) mass is 218 g/mol. The molecule has 2 nitrogen and oxygen atoms in total. The van der Waals surface area contributed by atoms with Gasteiger partial charge >= 0.3 is 29.0 Å². The van der Waals surface area contributed by atoms with Crippen LogP contribution in [0.25, 0.3) is 0 Å². The summed E-state index contributed by atoms with van der Waals surface area (Å²) in [6.45, 7) is 2.11. The molecule has 0 aliphatic heterocycles. The Hall–Kier alpha value is -0.544. The minimum Gasteiger partial charge on any atom is -1.00 e. The van der Waals surface area contributed by atoms with Crippen molar-refractivity contribution in [1.29, 1.82) is 0 Å². The van der Waals surface area contributed by atoms with E-state index in [1.807, 2.05) is 18.2 Å². The van der Waals surface area contributed by atoms with Crippen LogP contribution in [0.15, 0.2) is 30.3 Å². The van der Waals surface area contributed by atoms with Gasteiger partial charge in [0.25, 0.3) is 0 Å². The second kappa shape index (κ2) is 8.74. The van der Waals surface area contributed by atoms with Gasteiger partial charge in [-0.25, -0.2) is 0 Å².